The predicted molar refractivity (Wildman–Crippen MR) is 96.5 cm³/mol. The number of hydrogen-bond acceptors (Lipinski definition) is 5. The number of likely N-dealkylation sites (tertiary alicyclic amines) is 1. The van der Waals surface area contributed by atoms with E-state index in [0.717, 1.165) is 29.2 Å². The number of ether oxygens (including phenoxy) is 1. The molecule has 1 fully saturated rings. The van der Waals surface area contributed by atoms with Gasteiger partial charge in [-0.1, -0.05) is 0 Å². The number of thiazole rings is 1. The van der Waals surface area contributed by atoms with Gasteiger partial charge in [0.05, 0.1) is 13.0 Å². The summed E-state index contributed by atoms with van der Waals surface area (Å²) in [5.41, 5.74) is 6.76. The average molecular weight is 359 g/mol. The Morgan fingerprint density at radius 2 is 2.00 bits per heavy atom. The van der Waals surface area contributed by atoms with Crippen molar-refractivity contribution < 1.29 is 14.3 Å². The number of amides is 2. The summed E-state index contributed by atoms with van der Waals surface area (Å²) in [6.45, 7) is 2.36. The van der Waals surface area contributed by atoms with Crippen molar-refractivity contribution in [3.05, 3.63) is 35.3 Å². The van der Waals surface area contributed by atoms with Gasteiger partial charge in [0.1, 0.15) is 16.5 Å². The Hall–Kier alpha value is -2.41. The van der Waals surface area contributed by atoms with Crippen molar-refractivity contribution in [1.82, 2.24) is 9.88 Å². The van der Waals surface area contributed by atoms with E-state index in [-0.39, 0.29) is 23.8 Å². The zero-order chi connectivity index (χ0) is 18.0. The number of piperidine rings is 1. The predicted octanol–water partition coefficient (Wildman–Crippen LogP) is 2.54. The fraction of sp³-hybridized carbons (Fsp3) is 0.389. The number of carbonyl (C=O) groups is 2. The van der Waals surface area contributed by atoms with Gasteiger partial charge in [0.2, 0.25) is 5.91 Å². The second kappa shape index (κ2) is 7.23. The number of hydrogen-bond donors (Lipinski definition) is 1. The first-order chi connectivity index (χ1) is 12.0. The Kier molecular flexibility index (Phi) is 5.03. The van der Waals surface area contributed by atoms with Crippen molar-refractivity contribution in [3.8, 4) is 16.3 Å². The highest BCUT2D eigenvalue weighted by atomic mass is 32.1. The Morgan fingerprint density at radius 1 is 1.28 bits per heavy atom. The molecule has 3 rings (SSSR count). The summed E-state index contributed by atoms with van der Waals surface area (Å²) in [6, 6.07) is 7.64. The minimum Gasteiger partial charge on any atom is -0.497 e. The summed E-state index contributed by atoms with van der Waals surface area (Å²) in [5.74, 6) is 0.00690. The molecule has 2 atom stereocenters. The normalized spacial score (nSPS) is 20.3. The molecule has 0 spiro atoms. The number of nitrogens with two attached hydrogens (primary N) is 1. The van der Waals surface area contributed by atoms with Crippen molar-refractivity contribution in [2.24, 2.45) is 11.7 Å². The number of rotatable bonds is 4. The van der Waals surface area contributed by atoms with Gasteiger partial charge < -0.3 is 15.4 Å². The van der Waals surface area contributed by atoms with Crippen LogP contribution in [-0.4, -0.2) is 41.4 Å². The zero-order valence-electron chi connectivity index (χ0n) is 14.3. The molecule has 7 heteroatoms. The summed E-state index contributed by atoms with van der Waals surface area (Å²) >= 11 is 1.43. The molecule has 132 valence electrons. The molecule has 0 unspecified atom stereocenters. The van der Waals surface area contributed by atoms with Crippen LogP contribution in [0, 0.1) is 5.92 Å². The Bertz CT molecular complexity index is 772. The maximum atomic E-state index is 12.8. The number of methoxy groups -OCH3 is 1. The van der Waals surface area contributed by atoms with Crippen molar-refractivity contribution in [2.45, 2.75) is 25.8 Å². The van der Waals surface area contributed by atoms with Gasteiger partial charge in [0, 0.05) is 23.5 Å². The molecule has 2 aromatic rings. The topological polar surface area (TPSA) is 85.5 Å². The number of carbonyl (C=O) groups excluding carboxylic acids is 2. The second-order valence-electron chi connectivity index (χ2n) is 6.25. The van der Waals surface area contributed by atoms with Gasteiger partial charge in [-0.2, -0.15) is 0 Å². The summed E-state index contributed by atoms with van der Waals surface area (Å²) in [5, 5.41) is 2.55. The molecule has 2 heterocycles. The highest BCUT2D eigenvalue weighted by Gasteiger charge is 2.33. The molecule has 0 aliphatic carbocycles. The van der Waals surface area contributed by atoms with E-state index in [1.165, 1.54) is 11.3 Å². The second-order valence-corrected chi connectivity index (χ2v) is 7.11. The quantitative estimate of drug-likeness (QED) is 0.909. The van der Waals surface area contributed by atoms with E-state index >= 15 is 0 Å². The molecule has 0 radical (unpaired) electrons. The van der Waals surface area contributed by atoms with Gasteiger partial charge in [-0.05, 0) is 44.0 Å². The molecule has 6 nitrogen and oxygen atoms in total. The van der Waals surface area contributed by atoms with Crippen LogP contribution in [0.5, 0.6) is 5.75 Å². The van der Waals surface area contributed by atoms with Crippen LogP contribution in [0.25, 0.3) is 10.6 Å². The maximum absolute atomic E-state index is 12.8. The third-order valence-electron chi connectivity index (χ3n) is 4.61. The van der Waals surface area contributed by atoms with E-state index in [9.17, 15) is 9.59 Å². The third kappa shape index (κ3) is 3.66. The van der Waals surface area contributed by atoms with E-state index in [4.69, 9.17) is 10.5 Å². The van der Waals surface area contributed by atoms with Crippen LogP contribution in [0.15, 0.2) is 29.6 Å². The third-order valence-corrected chi connectivity index (χ3v) is 5.50. The Balaban J connectivity index is 1.78. The Labute approximate surface area is 150 Å². The van der Waals surface area contributed by atoms with Crippen LogP contribution in [0.2, 0.25) is 0 Å². The molecule has 0 bridgehead atoms. The van der Waals surface area contributed by atoms with Crippen LogP contribution >= 0.6 is 11.3 Å². The van der Waals surface area contributed by atoms with E-state index in [0.29, 0.717) is 12.2 Å². The van der Waals surface area contributed by atoms with E-state index in [1.807, 2.05) is 31.2 Å². The summed E-state index contributed by atoms with van der Waals surface area (Å²) < 4.78 is 5.15. The van der Waals surface area contributed by atoms with Crippen LogP contribution in [0.1, 0.15) is 30.3 Å². The first-order valence-electron chi connectivity index (χ1n) is 8.20. The van der Waals surface area contributed by atoms with Crippen molar-refractivity contribution >= 4 is 23.2 Å². The SMILES string of the molecule is COc1ccc(-c2nc(C(=O)N3C[C@H](C(N)=O)CC[C@@H]3C)cs2)cc1. The lowest BCUT2D eigenvalue weighted by Crippen LogP contribution is -2.48. The van der Waals surface area contributed by atoms with Crippen molar-refractivity contribution in [3.63, 3.8) is 0 Å². The molecule has 2 amide bonds. The van der Waals surface area contributed by atoms with Gasteiger partial charge in [0.25, 0.3) is 5.91 Å². The molecule has 25 heavy (non-hydrogen) atoms. The minimum atomic E-state index is -0.345. The summed E-state index contributed by atoms with van der Waals surface area (Å²) in [7, 11) is 1.62. The molecule has 1 saturated heterocycles. The first kappa shape index (κ1) is 17.4. The number of nitrogens with zero attached hydrogens (tertiary/aromatic N) is 2. The maximum Gasteiger partial charge on any atom is 0.273 e. The smallest absolute Gasteiger partial charge is 0.273 e. The van der Waals surface area contributed by atoms with Gasteiger partial charge in [-0.15, -0.1) is 11.3 Å². The molecule has 1 aliphatic heterocycles. The highest BCUT2D eigenvalue weighted by Crippen LogP contribution is 2.28. The largest absolute Gasteiger partial charge is 0.497 e. The minimum absolute atomic E-state index is 0.0780. The van der Waals surface area contributed by atoms with E-state index < -0.39 is 0 Å². The lowest BCUT2D eigenvalue weighted by Gasteiger charge is -2.36. The van der Waals surface area contributed by atoms with Gasteiger partial charge >= 0.3 is 0 Å². The Morgan fingerprint density at radius 3 is 2.64 bits per heavy atom. The average Bonchev–Trinajstić information content (AvgIpc) is 3.11. The lowest BCUT2D eigenvalue weighted by atomic mass is 9.93. The standard InChI is InChI=1S/C18H21N3O3S/c1-11-3-4-13(16(19)22)9-21(11)18(23)15-10-25-17(20-15)12-5-7-14(24-2)8-6-12/h5-8,10-11,13H,3-4,9H2,1-2H3,(H2,19,22)/t11-,13+/m0/s1. The molecule has 1 aromatic heterocycles. The molecule has 1 aliphatic rings. The van der Waals surface area contributed by atoms with Crippen molar-refractivity contribution in [1.29, 1.82) is 0 Å². The van der Waals surface area contributed by atoms with Gasteiger partial charge in [0.15, 0.2) is 0 Å². The summed E-state index contributed by atoms with van der Waals surface area (Å²) in [6.07, 6.45) is 1.50. The number of primary amides is 1. The molecule has 0 saturated carbocycles. The monoisotopic (exact) mass is 359 g/mol. The fourth-order valence-corrected chi connectivity index (χ4v) is 3.81. The molecular formula is C18H21N3O3S. The lowest BCUT2D eigenvalue weighted by molar-refractivity contribution is -0.123. The van der Waals surface area contributed by atoms with Crippen LogP contribution < -0.4 is 10.5 Å². The van der Waals surface area contributed by atoms with Crippen LogP contribution in [0.4, 0.5) is 0 Å². The number of aromatic nitrogens is 1. The fourth-order valence-electron chi connectivity index (χ4n) is 3.01. The van der Waals surface area contributed by atoms with E-state index in [1.54, 1.807) is 17.4 Å². The summed E-state index contributed by atoms with van der Waals surface area (Å²) in [4.78, 5) is 30.5. The highest BCUT2D eigenvalue weighted by molar-refractivity contribution is 7.13. The van der Waals surface area contributed by atoms with Crippen LogP contribution in [0.3, 0.4) is 0 Å². The molecule has 2 N–H and O–H groups in total. The van der Waals surface area contributed by atoms with Gasteiger partial charge in [-0.25, -0.2) is 4.98 Å². The number of benzene rings is 1. The van der Waals surface area contributed by atoms with Crippen LogP contribution in [-0.2, 0) is 4.79 Å². The zero-order valence-corrected chi connectivity index (χ0v) is 15.1. The van der Waals surface area contributed by atoms with Gasteiger partial charge in [-0.3, -0.25) is 9.59 Å². The van der Waals surface area contributed by atoms with Crippen molar-refractivity contribution in [2.75, 3.05) is 13.7 Å². The van der Waals surface area contributed by atoms with E-state index in [2.05, 4.69) is 4.98 Å². The molecule has 1 aromatic carbocycles. The molecular weight excluding hydrogens is 338 g/mol. The first-order valence-corrected chi connectivity index (χ1v) is 9.07.